The molecule has 0 aromatic heterocycles. The summed E-state index contributed by atoms with van der Waals surface area (Å²) >= 11 is 0. The molecular formula is C15H24N2O3S. The van der Waals surface area contributed by atoms with E-state index >= 15 is 0 Å². The van der Waals surface area contributed by atoms with Gasteiger partial charge in [0.2, 0.25) is 10.0 Å². The fraction of sp³-hybridized carbons (Fsp3) is 0.533. The van der Waals surface area contributed by atoms with Crippen LogP contribution in [0, 0.1) is 12.8 Å². The monoisotopic (exact) mass is 312 g/mol. The SMILES string of the molecule is Cc1ccc(C(=O)NCCCC(C)C)cc1NS(C)(=O)=O. The van der Waals surface area contributed by atoms with Crippen molar-refractivity contribution in [3.8, 4) is 0 Å². The number of rotatable bonds is 7. The number of carbonyl (C=O) groups excluding carboxylic acids is 1. The van der Waals surface area contributed by atoms with Gasteiger partial charge in [0.15, 0.2) is 0 Å². The molecule has 1 rings (SSSR count). The van der Waals surface area contributed by atoms with Crippen molar-refractivity contribution in [2.75, 3.05) is 17.5 Å². The maximum atomic E-state index is 12.0. The van der Waals surface area contributed by atoms with Crippen LogP contribution in [-0.2, 0) is 10.0 Å². The quantitative estimate of drug-likeness (QED) is 0.760. The van der Waals surface area contributed by atoms with E-state index in [0.717, 1.165) is 24.7 Å². The highest BCUT2D eigenvalue weighted by Gasteiger charge is 2.10. The fourth-order valence-corrected chi connectivity index (χ4v) is 2.51. The van der Waals surface area contributed by atoms with Gasteiger partial charge in [0.05, 0.1) is 11.9 Å². The third kappa shape index (κ3) is 6.62. The van der Waals surface area contributed by atoms with Gasteiger partial charge in [-0.1, -0.05) is 19.9 Å². The molecule has 0 aliphatic carbocycles. The lowest BCUT2D eigenvalue weighted by Gasteiger charge is -2.11. The van der Waals surface area contributed by atoms with E-state index < -0.39 is 10.0 Å². The summed E-state index contributed by atoms with van der Waals surface area (Å²) in [5, 5.41) is 2.85. The van der Waals surface area contributed by atoms with E-state index in [4.69, 9.17) is 0 Å². The zero-order valence-electron chi connectivity index (χ0n) is 13.1. The Bertz CT molecular complexity index is 595. The van der Waals surface area contributed by atoms with Gasteiger partial charge in [0, 0.05) is 12.1 Å². The van der Waals surface area contributed by atoms with Gasteiger partial charge in [-0.2, -0.15) is 0 Å². The molecule has 0 atom stereocenters. The molecule has 1 aromatic carbocycles. The van der Waals surface area contributed by atoms with Crippen molar-refractivity contribution in [3.05, 3.63) is 29.3 Å². The summed E-state index contributed by atoms with van der Waals surface area (Å²) in [4.78, 5) is 12.0. The van der Waals surface area contributed by atoms with Crippen LogP contribution >= 0.6 is 0 Å². The largest absolute Gasteiger partial charge is 0.352 e. The molecule has 0 radical (unpaired) electrons. The van der Waals surface area contributed by atoms with Gasteiger partial charge in [0.25, 0.3) is 5.91 Å². The first-order chi connectivity index (χ1) is 9.69. The van der Waals surface area contributed by atoms with E-state index in [1.165, 1.54) is 0 Å². The average molecular weight is 312 g/mol. The molecule has 5 nitrogen and oxygen atoms in total. The summed E-state index contributed by atoms with van der Waals surface area (Å²) in [6.45, 7) is 6.70. The smallest absolute Gasteiger partial charge is 0.251 e. The van der Waals surface area contributed by atoms with Gasteiger partial charge in [-0.25, -0.2) is 8.42 Å². The Kier molecular flexibility index (Phi) is 6.20. The molecule has 2 N–H and O–H groups in total. The molecule has 0 unspecified atom stereocenters. The molecule has 118 valence electrons. The second-order valence-corrected chi connectivity index (χ2v) is 7.44. The molecule has 0 aliphatic heterocycles. The molecule has 0 heterocycles. The Morgan fingerprint density at radius 2 is 1.95 bits per heavy atom. The standard InChI is InChI=1S/C15H24N2O3S/c1-11(2)6-5-9-16-15(18)13-8-7-12(3)14(10-13)17-21(4,19)20/h7-8,10-11,17H,5-6,9H2,1-4H3,(H,16,18). The summed E-state index contributed by atoms with van der Waals surface area (Å²) in [5.41, 5.74) is 1.67. The van der Waals surface area contributed by atoms with E-state index in [-0.39, 0.29) is 5.91 Å². The molecule has 1 aromatic rings. The summed E-state index contributed by atoms with van der Waals surface area (Å²) in [6.07, 6.45) is 3.09. The molecular weight excluding hydrogens is 288 g/mol. The van der Waals surface area contributed by atoms with E-state index in [2.05, 4.69) is 23.9 Å². The van der Waals surface area contributed by atoms with Crippen molar-refractivity contribution in [1.29, 1.82) is 0 Å². The minimum absolute atomic E-state index is 0.185. The summed E-state index contributed by atoms with van der Waals surface area (Å²) < 4.78 is 25.0. The minimum Gasteiger partial charge on any atom is -0.352 e. The highest BCUT2D eigenvalue weighted by atomic mass is 32.2. The minimum atomic E-state index is -3.35. The van der Waals surface area contributed by atoms with Crippen LogP contribution in [0.5, 0.6) is 0 Å². The van der Waals surface area contributed by atoms with Crippen LogP contribution in [0.1, 0.15) is 42.6 Å². The zero-order chi connectivity index (χ0) is 16.0. The Morgan fingerprint density at radius 3 is 2.52 bits per heavy atom. The number of hydrogen-bond donors (Lipinski definition) is 2. The van der Waals surface area contributed by atoms with Gasteiger partial charge in [0.1, 0.15) is 0 Å². The summed E-state index contributed by atoms with van der Waals surface area (Å²) in [7, 11) is -3.35. The van der Waals surface area contributed by atoms with Gasteiger partial charge in [-0.05, 0) is 43.4 Å². The first kappa shape index (κ1) is 17.5. The van der Waals surface area contributed by atoms with Gasteiger partial charge in [-0.3, -0.25) is 9.52 Å². The van der Waals surface area contributed by atoms with Crippen molar-refractivity contribution >= 4 is 21.6 Å². The van der Waals surface area contributed by atoms with Crippen molar-refractivity contribution < 1.29 is 13.2 Å². The highest BCUT2D eigenvalue weighted by molar-refractivity contribution is 7.92. The molecule has 0 fully saturated rings. The summed E-state index contributed by atoms with van der Waals surface area (Å²) in [6, 6.07) is 4.99. The van der Waals surface area contributed by atoms with Crippen molar-refractivity contribution in [2.45, 2.75) is 33.6 Å². The number of carbonyl (C=O) groups is 1. The molecule has 0 saturated heterocycles. The molecule has 0 spiro atoms. The first-order valence-corrected chi connectivity index (χ1v) is 8.95. The number of amides is 1. The van der Waals surface area contributed by atoms with Crippen molar-refractivity contribution in [2.24, 2.45) is 5.92 Å². The van der Waals surface area contributed by atoms with Gasteiger partial charge >= 0.3 is 0 Å². The molecule has 6 heteroatoms. The summed E-state index contributed by atoms with van der Waals surface area (Å²) in [5.74, 6) is 0.433. The topological polar surface area (TPSA) is 75.3 Å². The van der Waals surface area contributed by atoms with Gasteiger partial charge in [-0.15, -0.1) is 0 Å². The van der Waals surface area contributed by atoms with Gasteiger partial charge < -0.3 is 5.32 Å². The van der Waals surface area contributed by atoms with Crippen molar-refractivity contribution in [3.63, 3.8) is 0 Å². The van der Waals surface area contributed by atoms with Crippen LogP contribution in [-0.4, -0.2) is 27.1 Å². The first-order valence-electron chi connectivity index (χ1n) is 7.05. The number of sulfonamides is 1. The number of aryl methyl sites for hydroxylation is 1. The van der Waals surface area contributed by atoms with Crippen LogP contribution in [0.4, 0.5) is 5.69 Å². The van der Waals surface area contributed by atoms with Crippen molar-refractivity contribution in [1.82, 2.24) is 5.32 Å². The number of hydrogen-bond acceptors (Lipinski definition) is 3. The second-order valence-electron chi connectivity index (χ2n) is 5.70. The third-order valence-electron chi connectivity index (χ3n) is 3.04. The maximum Gasteiger partial charge on any atom is 0.251 e. The second kappa shape index (κ2) is 7.45. The molecule has 1 amide bonds. The average Bonchev–Trinajstić information content (AvgIpc) is 2.35. The van der Waals surface area contributed by atoms with Crippen LogP contribution < -0.4 is 10.0 Å². The Morgan fingerprint density at radius 1 is 1.29 bits per heavy atom. The van der Waals surface area contributed by atoms with Crippen LogP contribution in [0.3, 0.4) is 0 Å². The maximum absolute atomic E-state index is 12.0. The Hall–Kier alpha value is -1.56. The predicted octanol–water partition coefficient (Wildman–Crippen LogP) is 2.53. The lowest BCUT2D eigenvalue weighted by molar-refractivity contribution is 0.0952. The Labute approximate surface area is 127 Å². The number of benzene rings is 1. The lowest BCUT2D eigenvalue weighted by atomic mass is 10.1. The fourth-order valence-electron chi connectivity index (χ4n) is 1.89. The van der Waals surface area contributed by atoms with E-state index in [0.29, 0.717) is 23.7 Å². The zero-order valence-corrected chi connectivity index (χ0v) is 13.9. The van der Waals surface area contributed by atoms with E-state index in [1.807, 2.05) is 0 Å². The number of anilines is 1. The predicted molar refractivity (Wildman–Crippen MR) is 86.1 cm³/mol. The lowest BCUT2D eigenvalue weighted by Crippen LogP contribution is -2.25. The van der Waals surface area contributed by atoms with E-state index in [1.54, 1.807) is 25.1 Å². The van der Waals surface area contributed by atoms with E-state index in [9.17, 15) is 13.2 Å². The Balaban J connectivity index is 2.70. The molecule has 0 bridgehead atoms. The number of nitrogens with one attached hydrogen (secondary N) is 2. The third-order valence-corrected chi connectivity index (χ3v) is 3.63. The van der Waals surface area contributed by atoms with Crippen LogP contribution in [0.15, 0.2) is 18.2 Å². The molecule has 0 aliphatic rings. The normalized spacial score (nSPS) is 11.5. The van der Waals surface area contributed by atoms with Crippen LogP contribution in [0.2, 0.25) is 0 Å². The van der Waals surface area contributed by atoms with Crippen LogP contribution in [0.25, 0.3) is 0 Å². The highest BCUT2D eigenvalue weighted by Crippen LogP contribution is 2.18. The molecule has 21 heavy (non-hydrogen) atoms. The molecule has 0 saturated carbocycles.